The number of halogens is 1. The van der Waals surface area contributed by atoms with E-state index in [0.717, 1.165) is 35.4 Å². The van der Waals surface area contributed by atoms with Gasteiger partial charge in [-0.3, -0.25) is 0 Å². The normalized spacial score (nSPS) is 10.8. The molecule has 2 rings (SSSR count). The fourth-order valence-electron chi connectivity index (χ4n) is 1.46. The minimum absolute atomic E-state index is 0.582. The quantitative estimate of drug-likeness (QED) is 0.811. The van der Waals surface area contributed by atoms with E-state index in [2.05, 4.69) is 36.0 Å². The van der Waals surface area contributed by atoms with Crippen molar-refractivity contribution in [2.45, 2.75) is 32.0 Å². The van der Waals surface area contributed by atoms with Gasteiger partial charge in [-0.1, -0.05) is 29.8 Å². The molecule has 0 saturated heterocycles. The van der Waals surface area contributed by atoms with Gasteiger partial charge >= 0.3 is 0 Å². The Balaban J connectivity index is 2.40. The van der Waals surface area contributed by atoms with Crippen LogP contribution < -0.4 is 0 Å². The van der Waals surface area contributed by atoms with Crippen LogP contribution in [0.2, 0.25) is 0 Å². The molecule has 0 spiro atoms. The number of nitrogens with zero attached hydrogens (tertiary/aromatic N) is 5. The highest BCUT2D eigenvalue weighted by molar-refractivity contribution is 9.08. The Morgan fingerprint density at radius 3 is 2.41 bits per heavy atom. The zero-order valence-electron chi connectivity index (χ0n) is 9.89. The van der Waals surface area contributed by atoms with Crippen molar-refractivity contribution in [3.63, 3.8) is 0 Å². The summed E-state index contributed by atoms with van der Waals surface area (Å²) < 4.78 is 1.72. The van der Waals surface area contributed by atoms with Crippen LogP contribution in [0.5, 0.6) is 0 Å². The number of rotatable bonds is 4. The summed E-state index contributed by atoms with van der Waals surface area (Å²) in [5.74, 6) is 2.31. The van der Waals surface area contributed by atoms with Gasteiger partial charge in [0.15, 0.2) is 5.82 Å². The molecule has 90 valence electrons. The van der Waals surface area contributed by atoms with Gasteiger partial charge in [-0.15, -0.1) is 5.10 Å². The zero-order chi connectivity index (χ0) is 12.3. The van der Waals surface area contributed by atoms with E-state index in [0.29, 0.717) is 5.95 Å². The van der Waals surface area contributed by atoms with Crippen LogP contribution in [0.3, 0.4) is 0 Å². The number of aryl methyl sites for hydroxylation is 2. The van der Waals surface area contributed by atoms with Gasteiger partial charge in [-0.25, -0.2) is 15.0 Å². The predicted octanol–water partition coefficient (Wildman–Crippen LogP) is 2.08. The lowest BCUT2D eigenvalue weighted by atomic mass is 10.4. The minimum atomic E-state index is 0.582. The topological polar surface area (TPSA) is 56.5 Å². The lowest BCUT2D eigenvalue weighted by Crippen LogP contribution is -2.07. The maximum Gasteiger partial charge on any atom is 0.252 e. The van der Waals surface area contributed by atoms with Gasteiger partial charge in [0.2, 0.25) is 0 Å². The van der Waals surface area contributed by atoms with E-state index < -0.39 is 0 Å². The highest BCUT2D eigenvalue weighted by atomic mass is 79.9. The van der Waals surface area contributed by atoms with Crippen molar-refractivity contribution in [2.24, 2.45) is 0 Å². The molecule has 0 N–H and O–H groups in total. The molecule has 0 unspecified atom stereocenters. The molecule has 0 aliphatic rings. The molecule has 2 heterocycles. The summed E-state index contributed by atoms with van der Waals surface area (Å²) in [5.41, 5.74) is 1.04. The Bertz CT molecular complexity index is 491. The molecule has 2 aromatic heterocycles. The summed E-state index contributed by atoms with van der Waals surface area (Å²) in [6, 6.07) is 0. The van der Waals surface area contributed by atoms with Crippen molar-refractivity contribution in [3.8, 4) is 5.95 Å². The third kappa shape index (κ3) is 2.52. The molecule has 0 aromatic carbocycles. The molecule has 0 fully saturated rings. The number of alkyl halides is 1. The predicted molar refractivity (Wildman–Crippen MR) is 68.3 cm³/mol. The minimum Gasteiger partial charge on any atom is -0.219 e. The fraction of sp³-hybridized carbons (Fsp3) is 0.455. The van der Waals surface area contributed by atoms with Crippen LogP contribution in [-0.2, 0) is 18.2 Å². The van der Waals surface area contributed by atoms with Crippen LogP contribution in [0.15, 0.2) is 12.4 Å². The molecule has 17 heavy (non-hydrogen) atoms. The van der Waals surface area contributed by atoms with Crippen molar-refractivity contribution in [2.75, 3.05) is 0 Å². The van der Waals surface area contributed by atoms with Gasteiger partial charge in [0, 0.05) is 30.6 Å². The van der Waals surface area contributed by atoms with E-state index in [1.54, 1.807) is 17.1 Å². The molecular weight excluding hydrogens is 282 g/mol. The van der Waals surface area contributed by atoms with E-state index in [9.17, 15) is 0 Å². The van der Waals surface area contributed by atoms with Crippen LogP contribution in [0.1, 0.15) is 31.1 Å². The summed E-state index contributed by atoms with van der Waals surface area (Å²) in [6.45, 7) is 4.08. The summed E-state index contributed by atoms with van der Waals surface area (Å²) in [5, 5.41) is 5.15. The van der Waals surface area contributed by atoms with Crippen molar-refractivity contribution in [1.29, 1.82) is 0 Å². The maximum absolute atomic E-state index is 4.43. The first kappa shape index (κ1) is 12.2. The number of hydrogen-bond donors (Lipinski definition) is 0. The van der Waals surface area contributed by atoms with Gasteiger partial charge in [0.25, 0.3) is 5.95 Å². The van der Waals surface area contributed by atoms with Crippen molar-refractivity contribution in [1.82, 2.24) is 24.7 Å². The fourth-order valence-corrected chi connectivity index (χ4v) is 1.75. The van der Waals surface area contributed by atoms with Gasteiger partial charge in [-0.2, -0.15) is 4.68 Å². The molecule has 0 radical (unpaired) electrons. The highest BCUT2D eigenvalue weighted by Crippen LogP contribution is 2.08. The molecule has 0 aliphatic heterocycles. The largest absolute Gasteiger partial charge is 0.252 e. The second kappa shape index (κ2) is 5.35. The standard InChI is InChI=1S/C11H14BrN5/c1-3-9-15-10(4-2)17(16-9)11-13-6-8(5-12)7-14-11/h6-7H,3-5H2,1-2H3. The third-order valence-corrected chi connectivity index (χ3v) is 3.03. The molecule has 0 bridgehead atoms. The average molecular weight is 296 g/mol. The molecule has 0 amide bonds. The Hall–Kier alpha value is -1.30. The van der Waals surface area contributed by atoms with E-state index in [-0.39, 0.29) is 0 Å². The van der Waals surface area contributed by atoms with Gasteiger partial charge in [0.1, 0.15) is 5.82 Å². The Labute approximate surface area is 108 Å². The monoisotopic (exact) mass is 295 g/mol. The smallest absolute Gasteiger partial charge is 0.219 e. The van der Waals surface area contributed by atoms with Crippen LogP contribution in [0, 0.1) is 0 Å². The zero-order valence-corrected chi connectivity index (χ0v) is 11.5. The van der Waals surface area contributed by atoms with Crippen LogP contribution in [-0.4, -0.2) is 24.7 Å². The van der Waals surface area contributed by atoms with Gasteiger partial charge in [-0.05, 0) is 5.56 Å². The first-order valence-corrected chi connectivity index (χ1v) is 6.72. The SMILES string of the molecule is CCc1nc(CC)n(-c2ncc(CBr)cn2)n1. The Morgan fingerprint density at radius 1 is 1.18 bits per heavy atom. The number of aromatic nitrogens is 5. The lowest BCUT2D eigenvalue weighted by molar-refractivity contribution is 0.741. The Kier molecular flexibility index (Phi) is 3.83. The molecule has 0 atom stereocenters. The molecule has 2 aromatic rings. The van der Waals surface area contributed by atoms with Crippen LogP contribution >= 0.6 is 15.9 Å². The average Bonchev–Trinajstić information content (AvgIpc) is 2.82. The Morgan fingerprint density at radius 2 is 1.88 bits per heavy atom. The first-order chi connectivity index (χ1) is 8.28. The van der Waals surface area contributed by atoms with Crippen molar-refractivity contribution >= 4 is 15.9 Å². The molecular formula is C11H14BrN5. The van der Waals surface area contributed by atoms with Gasteiger partial charge in [0.05, 0.1) is 0 Å². The van der Waals surface area contributed by atoms with E-state index in [1.807, 2.05) is 13.8 Å². The molecule has 6 heteroatoms. The highest BCUT2D eigenvalue weighted by Gasteiger charge is 2.10. The summed E-state index contributed by atoms with van der Waals surface area (Å²) >= 11 is 3.37. The first-order valence-electron chi connectivity index (χ1n) is 5.60. The van der Waals surface area contributed by atoms with Crippen molar-refractivity contribution in [3.05, 3.63) is 29.6 Å². The molecule has 5 nitrogen and oxygen atoms in total. The number of hydrogen-bond acceptors (Lipinski definition) is 4. The lowest BCUT2D eigenvalue weighted by Gasteiger charge is -2.02. The molecule has 0 saturated carbocycles. The van der Waals surface area contributed by atoms with Gasteiger partial charge < -0.3 is 0 Å². The third-order valence-electron chi connectivity index (χ3n) is 2.39. The van der Waals surface area contributed by atoms with Crippen LogP contribution in [0.4, 0.5) is 0 Å². The second-order valence-electron chi connectivity index (χ2n) is 3.59. The maximum atomic E-state index is 4.43. The second-order valence-corrected chi connectivity index (χ2v) is 4.15. The summed E-state index contributed by atoms with van der Waals surface area (Å²) in [4.78, 5) is 13.0. The van der Waals surface area contributed by atoms with Crippen LogP contribution in [0.25, 0.3) is 5.95 Å². The van der Waals surface area contributed by atoms with E-state index in [1.165, 1.54) is 0 Å². The summed E-state index contributed by atoms with van der Waals surface area (Å²) in [7, 11) is 0. The van der Waals surface area contributed by atoms with E-state index >= 15 is 0 Å². The van der Waals surface area contributed by atoms with Crippen molar-refractivity contribution < 1.29 is 0 Å². The molecule has 0 aliphatic carbocycles. The van der Waals surface area contributed by atoms with E-state index in [4.69, 9.17) is 0 Å². The summed E-state index contributed by atoms with van der Waals surface area (Å²) in [6.07, 6.45) is 5.23.